The van der Waals surface area contributed by atoms with Crippen molar-refractivity contribution in [2.24, 2.45) is 12.0 Å². The summed E-state index contributed by atoms with van der Waals surface area (Å²) in [5.41, 5.74) is 0.991. The van der Waals surface area contributed by atoms with Gasteiger partial charge in [0.05, 0.1) is 26.8 Å². The summed E-state index contributed by atoms with van der Waals surface area (Å²) in [5.74, 6) is 2.86. The lowest BCUT2D eigenvalue weighted by atomic mass is 10.2. The van der Waals surface area contributed by atoms with E-state index >= 15 is 0 Å². The van der Waals surface area contributed by atoms with Gasteiger partial charge in [0.15, 0.2) is 17.5 Å². The first-order chi connectivity index (χ1) is 13.1. The van der Waals surface area contributed by atoms with Crippen LogP contribution in [0.3, 0.4) is 0 Å². The number of aliphatic hydroxyl groups excluding tert-OH is 1. The highest BCUT2D eigenvalue weighted by atomic mass is 16.5. The van der Waals surface area contributed by atoms with Crippen molar-refractivity contribution in [1.82, 2.24) is 25.0 Å². The second-order valence-corrected chi connectivity index (χ2v) is 5.88. The van der Waals surface area contributed by atoms with Gasteiger partial charge in [0.2, 0.25) is 0 Å². The fourth-order valence-electron chi connectivity index (χ4n) is 2.47. The van der Waals surface area contributed by atoms with Gasteiger partial charge in [-0.05, 0) is 24.6 Å². The summed E-state index contributed by atoms with van der Waals surface area (Å²) in [5, 5.41) is 16.3. The molecule has 148 valence electrons. The first kappa shape index (κ1) is 20.5. The Hall–Kier alpha value is -2.81. The van der Waals surface area contributed by atoms with Crippen molar-refractivity contribution in [1.29, 1.82) is 0 Å². The van der Waals surface area contributed by atoms with Crippen LogP contribution >= 0.6 is 0 Å². The lowest BCUT2D eigenvalue weighted by Crippen LogP contribution is -2.39. The van der Waals surface area contributed by atoms with E-state index < -0.39 is 0 Å². The smallest absolute Gasteiger partial charge is 0.194 e. The maximum absolute atomic E-state index is 8.90. The van der Waals surface area contributed by atoms with Crippen LogP contribution in [-0.4, -0.2) is 64.6 Å². The predicted octanol–water partition coefficient (Wildman–Crippen LogP) is 0.792. The molecule has 2 N–H and O–H groups in total. The largest absolute Gasteiger partial charge is 0.493 e. The monoisotopic (exact) mass is 376 g/mol. The van der Waals surface area contributed by atoms with Gasteiger partial charge in [-0.25, -0.2) is 9.98 Å². The van der Waals surface area contributed by atoms with Gasteiger partial charge >= 0.3 is 0 Å². The van der Waals surface area contributed by atoms with Crippen LogP contribution in [0.25, 0.3) is 0 Å². The van der Waals surface area contributed by atoms with Crippen LogP contribution in [0.4, 0.5) is 0 Å². The lowest BCUT2D eigenvalue weighted by Gasteiger charge is -2.21. The highest BCUT2D eigenvalue weighted by Crippen LogP contribution is 2.28. The van der Waals surface area contributed by atoms with Crippen LogP contribution in [0.15, 0.2) is 29.5 Å². The lowest BCUT2D eigenvalue weighted by molar-refractivity contribution is 0.196. The summed E-state index contributed by atoms with van der Waals surface area (Å²) in [6, 6.07) is 5.66. The normalized spacial score (nSPS) is 11.4. The third-order valence-corrected chi connectivity index (χ3v) is 3.87. The first-order valence-corrected chi connectivity index (χ1v) is 8.81. The van der Waals surface area contributed by atoms with E-state index in [4.69, 9.17) is 19.6 Å². The average molecular weight is 376 g/mol. The van der Waals surface area contributed by atoms with Gasteiger partial charge in [-0.15, -0.1) is 0 Å². The van der Waals surface area contributed by atoms with Crippen molar-refractivity contribution >= 4 is 5.96 Å². The van der Waals surface area contributed by atoms with Crippen molar-refractivity contribution in [2.45, 2.75) is 20.0 Å². The second-order valence-electron chi connectivity index (χ2n) is 5.88. The van der Waals surface area contributed by atoms with Crippen LogP contribution in [-0.2, 0) is 20.1 Å². The predicted molar refractivity (Wildman–Crippen MR) is 103 cm³/mol. The zero-order valence-corrected chi connectivity index (χ0v) is 16.3. The molecule has 2 rings (SSSR count). The second kappa shape index (κ2) is 10.4. The summed E-state index contributed by atoms with van der Waals surface area (Å²) < 4.78 is 12.6. The number of methoxy groups -OCH3 is 1. The molecule has 0 saturated carbocycles. The van der Waals surface area contributed by atoms with Crippen molar-refractivity contribution in [3.8, 4) is 11.5 Å². The molecule has 2 aromatic rings. The van der Waals surface area contributed by atoms with Gasteiger partial charge in [-0.2, -0.15) is 5.10 Å². The number of aliphatic hydroxyl groups is 1. The molecule has 0 bridgehead atoms. The molecule has 0 saturated heterocycles. The number of benzene rings is 1. The molecule has 0 aliphatic heterocycles. The molecule has 1 aromatic carbocycles. The van der Waals surface area contributed by atoms with Crippen LogP contribution in [0.2, 0.25) is 0 Å². The number of nitrogens with zero attached hydrogens (tertiary/aromatic N) is 5. The minimum Gasteiger partial charge on any atom is -0.493 e. The number of aryl methyl sites for hydroxylation is 1. The van der Waals surface area contributed by atoms with Gasteiger partial charge in [0.25, 0.3) is 0 Å². The Balaban J connectivity index is 2.10. The highest BCUT2D eigenvalue weighted by Gasteiger charge is 2.11. The van der Waals surface area contributed by atoms with Gasteiger partial charge in [-0.3, -0.25) is 4.68 Å². The van der Waals surface area contributed by atoms with Crippen LogP contribution in [0.5, 0.6) is 11.5 Å². The summed E-state index contributed by atoms with van der Waals surface area (Å²) in [7, 11) is 5.42. The fourth-order valence-corrected chi connectivity index (χ4v) is 2.47. The maximum atomic E-state index is 8.90. The number of aliphatic imine (C=N–C) groups is 1. The topological polar surface area (TPSA) is 97.0 Å². The van der Waals surface area contributed by atoms with E-state index in [9.17, 15) is 0 Å². The molecule has 0 amide bonds. The average Bonchev–Trinajstić information content (AvgIpc) is 3.08. The molecule has 9 heteroatoms. The standard InChI is InChI=1S/C18H28N6O3/c1-5-19-18(23(2)12-17-21-13-22-24(17)3)20-11-14-6-7-15(27-9-8-25)16(10-14)26-4/h6-7,10,13,25H,5,8-9,11-12H2,1-4H3,(H,19,20). The van der Waals surface area contributed by atoms with E-state index in [0.717, 1.165) is 23.9 Å². The Morgan fingerprint density at radius 2 is 2.19 bits per heavy atom. The van der Waals surface area contributed by atoms with Crippen molar-refractivity contribution < 1.29 is 14.6 Å². The maximum Gasteiger partial charge on any atom is 0.194 e. The Morgan fingerprint density at radius 1 is 1.37 bits per heavy atom. The van der Waals surface area contributed by atoms with Crippen molar-refractivity contribution in [3.05, 3.63) is 35.9 Å². The van der Waals surface area contributed by atoms with Crippen LogP contribution in [0, 0.1) is 0 Å². The van der Waals surface area contributed by atoms with E-state index in [1.54, 1.807) is 18.1 Å². The highest BCUT2D eigenvalue weighted by molar-refractivity contribution is 5.79. The Labute approximate surface area is 159 Å². The Kier molecular flexibility index (Phi) is 7.87. The Morgan fingerprint density at radius 3 is 2.81 bits per heavy atom. The zero-order chi connectivity index (χ0) is 19.6. The molecule has 9 nitrogen and oxygen atoms in total. The number of ether oxygens (including phenoxy) is 2. The summed E-state index contributed by atoms with van der Waals surface area (Å²) in [4.78, 5) is 11.0. The van der Waals surface area contributed by atoms with E-state index in [2.05, 4.69) is 15.4 Å². The van der Waals surface area contributed by atoms with Gasteiger partial charge in [-0.1, -0.05) is 6.07 Å². The van der Waals surface area contributed by atoms with Gasteiger partial charge in [0, 0.05) is 20.6 Å². The minimum absolute atomic E-state index is 0.0426. The van der Waals surface area contributed by atoms with Crippen molar-refractivity contribution in [3.63, 3.8) is 0 Å². The van der Waals surface area contributed by atoms with Gasteiger partial charge < -0.3 is 24.8 Å². The molecule has 0 aliphatic carbocycles. The van der Waals surface area contributed by atoms with E-state index in [1.807, 2.05) is 44.1 Å². The van der Waals surface area contributed by atoms with E-state index in [1.165, 1.54) is 0 Å². The third-order valence-electron chi connectivity index (χ3n) is 3.87. The van der Waals surface area contributed by atoms with E-state index in [-0.39, 0.29) is 13.2 Å². The first-order valence-electron chi connectivity index (χ1n) is 8.81. The molecule has 1 aromatic heterocycles. The number of rotatable bonds is 9. The molecule has 0 spiro atoms. The summed E-state index contributed by atoms with van der Waals surface area (Å²) in [6.07, 6.45) is 1.54. The van der Waals surface area contributed by atoms with Crippen LogP contribution in [0.1, 0.15) is 18.3 Å². The number of hydrogen-bond acceptors (Lipinski definition) is 6. The molecular formula is C18H28N6O3. The molecule has 0 unspecified atom stereocenters. The fraction of sp³-hybridized carbons (Fsp3) is 0.500. The Bertz CT molecular complexity index is 746. The zero-order valence-electron chi connectivity index (χ0n) is 16.3. The molecule has 0 radical (unpaired) electrons. The number of hydrogen-bond donors (Lipinski definition) is 2. The molecule has 27 heavy (non-hydrogen) atoms. The third kappa shape index (κ3) is 5.85. The molecule has 0 atom stereocenters. The molecular weight excluding hydrogens is 348 g/mol. The molecule has 1 heterocycles. The minimum atomic E-state index is -0.0426. The summed E-state index contributed by atoms with van der Waals surface area (Å²) >= 11 is 0. The van der Waals surface area contributed by atoms with E-state index in [0.29, 0.717) is 24.6 Å². The van der Waals surface area contributed by atoms with Gasteiger partial charge in [0.1, 0.15) is 18.8 Å². The number of guanidine groups is 1. The summed E-state index contributed by atoms with van der Waals surface area (Å²) in [6.45, 7) is 4.06. The van der Waals surface area contributed by atoms with Crippen LogP contribution < -0.4 is 14.8 Å². The number of nitrogens with one attached hydrogen (secondary N) is 1. The van der Waals surface area contributed by atoms with Crippen molar-refractivity contribution in [2.75, 3.05) is 33.9 Å². The number of aromatic nitrogens is 3. The quantitative estimate of drug-likeness (QED) is 0.493. The SMILES string of the molecule is CCNC(=NCc1ccc(OCCO)c(OC)c1)N(C)Cc1ncnn1C. The molecule has 0 aliphatic rings. The molecule has 0 fully saturated rings.